The van der Waals surface area contributed by atoms with Crippen molar-refractivity contribution in [3.63, 3.8) is 0 Å². The Hall–Kier alpha value is -3.13. The number of aryl methyl sites for hydroxylation is 1. The first kappa shape index (κ1) is 17.7. The normalized spacial score (nSPS) is 11.0. The molecule has 0 atom stereocenters. The van der Waals surface area contributed by atoms with Crippen LogP contribution < -0.4 is 5.32 Å². The fourth-order valence-corrected chi connectivity index (χ4v) is 3.32. The van der Waals surface area contributed by atoms with Crippen molar-refractivity contribution in [2.75, 3.05) is 5.32 Å². The minimum absolute atomic E-state index is 0.129. The van der Waals surface area contributed by atoms with Crippen LogP contribution in [0.3, 0.4) is 0 Å². The number of benzene rings is 2. The number of amides is 1. The lowest BCUT2D eigenvalue weighted by molar-refractivity contribution is 0.101. The first-order chi connectivity index (χ1) is 12.5. The van der Waals surface area contributed by atoms with Crippen molar-refractivity contribution in [1.29, 1.82) is 0 Å². The minimum Gasteiger partial charge on any atom is -0.411 e. The van der Waals surface area contributed by atoms with Gasteiger partial charge in [0.1, 0.15) is 22.9 Å². The van der Waals surface area contributed by atoms with Gasteiger partial charge in [0.05, 0.1) is 11.1 Å². The van der Waals surface area contributed by atoms with Crippen LogP contribution in [0.2, 0.25) is 0 Å². The Bertz CT molecular complexity index is 982. The molecule has 0 spiro atoms. The Morgan fingerprint density at radius 3 is 2.58 bits per heavy atom. The zero-order valence-electron chi connectivity index (χ0n) is 13.5. The maximum atomic E-state index is 13.7. The number of carbonyl (C=O) groups is 1. The number of oxime groups is 1. The highest BCUT2D eigenvalue weighted by molar-refractivity contribution is 7.19. The van der Waals surface area contributed by atoms with Gasteiger partial charge in [-0.2, -0.15) is 0 Å². The van der Waals surface area contributed by atoms with E-state index in [1.165, 1.54) is 6.07 Å². The van der Waals surface area contributed by atoms with Gasteiger partial charge in [0.25, 0.3) is 5.91 Å². The predicted molar refractivity (Wildman–Crippen MR) is 96.0 cm³/mol. The van der Waals surface area contributed by atoms with E-state index in [1.54, 1.807) is 0 Å². The summed E-state index contributed by atoms with van der Waals surface area (Å²) in [7, 11) is 0. The summed E-state index contributed by atoms with van der Waals surface area (Å²) in [5.41, 5.74) is 1.47. The number of aromatic nitrogens is 1. The van der Waals surface area contributed by atoms with Crippen molar-refractivity contribution in [1.82, 2.24) is 4.98 Å². The van der Waals surface area contributed by atoms with Crippen molar-refractivity contribution in [2.24, 2.45) is 5.16 Å². The summed E-state index contributed by atoms with van der Waals surface area (Å²) in [5, 5.41) is 14.3. The van der Waals surface area contributed by atoms with E-state index >= 15 is 0 Å². The number of hydrogen-bond donors (Lipinski definition) is 2. The van der Waals surface area contributed by atoms with Gasteiger partial charge in [0.15, 0.2) is 5.13 Å². The van der Waals surface area contributed by atoms with E-state index in [1.807, 2.05) is 31.2 Å². The first-order valence-corrected chi connectivity index (χ1v) is 8.32. The monoisotopic (exact) mass is 373 g/mol. The molecule has 2 N–H and O–H groups in total. The van der Waals surface area contributed by atoms with Gasteiger partial charge in [0, 0.05) is 0 Å². The highest BCUT2D eigenvalue weighted by atomic mass is 32.1. The van der Waals surface area contributed by atoms with Crippen LogP contribution in [-0.4, -0.2) is 22.3 Å². The molecule has 0 bridgehead atoms. The number of halogens is 2. The maximum Gasteiger partial charge on any atom is 0.263 e. The summed E-state index contributed by atoms with van der Waals surface area (Å²) in [6.45, 7) is 1.92. The summed E-state index contributed by atoms with van der Waals surface area (Å²) in [4.78, 5) is 17.0. The second-order valence-electron chi connectivity index (χ2n) is 5.40. The van der Waals surface area contributed by atoms with E-state index in [0.717, 1.165) is 40.8 Å². The van der Waals surface area contributed by atoms with Crippen LogP contribution in [-0.2, 0) is 0 Å². The number of thiazole rings is 1. The molecule has 0 saturated carbocycles. The molecule has 8 heteroatoms. The second-order valence-corrected chi connectivity index (χ2v) is 6.40. The van der Waals surface area contributed by atoms with E-state index < -0.39 is 23.1 Å². The van der Waals surface area contributed by atoms with Crippen LogP contribution in [0.25, 0.3) is 10.4 Å². The van der Waals surface area contributed by atoms with E-state index in [0.29, 0.717) is 10.6 Å². The third-order valence-corrected chi connectivity index (χ3v) is 4.56. The molecule has 0 fully saturated rings. The van der Waals surface area contributed by atoms with Gasteiger partial charge in [0.2, 0.25) is 0 Å². The molecule has 5 nitrogen and oxygen atoms in total. The lowest BCUT2D eigenvalue weighted by Gasteiger charge is -2.04. The van der Waals surface area contributed by atoms with Crippen LogP contribution in [0.15, 0.2) is 47.6 Å². The van der Waals surface area contributed by atoms with E-state index in [2.05, 4.69) is 15.5 Å². The van der Waals surface area contributed by atoms with Crippen molar-refractivity contribution < 1.29 is 18.8 Å². The molecule has 132 valence electrons. The molecule has 1 aromatic heterocycles. The minimum atomic E-state index is -0.963. The largest absolute Gasteiger partial charge is 0.411 e. The summed E-state index contributed by atoms with van der Waals surface area (Å²) < 4.78 is 27.5. The molecule has 0 unspecified atom stereocenters. The molecule has 0 aliphatic heterocycles. The number of rotatable bonds is 4. The number of hydrogen-bond acceptors (Lipinski definition) is 5. The smallest absolute Gasteiger partial charge is 0.263 e. The van der Waals surface area contributed by atoms with Gasteiger partial charge in [-0.05, 0) is 24.6 Å². The van der Waals surface area contributed by atoms with Crippen molar-refractivity contribution in [2.45, 2.75) is 6.92 Å². The van der Waals surface area contributed by atoms with Crippen LogP contribution in [0, 0.1) is 18.6 Å². The van der Waals surface area contributed by atoms with Crippen LogP contribution in [0.4, 0.5) is 13.9 Å². The third kappa shape index (κ3) is 3.60. The highest BCUT2D eigenvalue weighted by Crippen LogP contribution is 2.33. The molecule has 0 radical (unpaired) electrons. The van der Waals surface area contributed by atoms with Crippen LogP contribution in [0.5, 0.6) is 0 Å². The van der Waals surface area contributed by atoms with E-state index in [-0.39, 0.29) is 5.13 Å². The quantitative estimate of drug-likeness (QED) is 0.403. The molecule has 0 aliphatic rings. The number of anilines is 1. The maximum absolute atomic E-state index is 13.7. The number of nitrogens with zero attached hydrogens (tertiary/aromatic N) is 2. The molecule has 1 heterocycles. The van der Waals surface area contributed by atoms with Gasteiger partial charge in [-0.25, -0.2) is 13.8 Å². The summed E-state index contributed by atoms with van der Waals surface area (Å²) in [5.74, 6) is -2.87. The third-order valence-electron chi connectivity index (χ3n) is 3.52. The molecule has 3 aromatic rings. The average molecular weight is 373 g/mol. The molecule has 1 amide bonds. The lowest BCUT2D eigenvalue weighted by Crippen LogP contribution is -2.15. The van der Waals surface area contributed by atoms with Crippen molar-refractivity contribution in [3.05, 3.63) is 70.9 Å². The molecule has 0 aliphatic carbocycles. The number of nitrogens with one attached hydrogen (secondary N) is 1. The Labute approximate surface area is 151 Å². The molecule has 26 heavy (non-hydrogen) atoms. The average Bonchev–Trinajstić information content (AvgIpc) is 2.97. The molecular weight excluding hydrogens is 360 g/mol. The topological polar surface area (TPSA) is 74.6 Å². The van der Waals surface area contributed by atoms with E-state index in [4.69, 9.17) is 5.21 Å². The SMILES string of the molecule is Cc1cccc(-c2sc(NC(=O)c3c(F)cccc3F)nc2/C=N\O)c1. The Morgan fingerprint density at radius 2 is 1.92 bits per heavy atom. The molecular formula is C18H13F2N3O2S. The summed E-state index contributed by atoms with van der Waals surface area (Å²) in [6.07, 6.45) is 1.13. The lowest BCUT2D eigenvalue weighted by atomic mass is 10.1. The molecule has 3 rings (SSSR count). The first-order valence-electron chi connectivity index (χ1n) is 7.50. The fraction of sp³-hybridized carbons (Fsp3) is 0.0556. The molecule has 0 saturated heterocycles. The fourth-order valence-electron chi connectivity index (χ4n) is 2.40. The Morgan fingerprint density at radius 1 is 1.23 bits per heavy atom. The Balaban J connectivity index is 1.97. The second kappa shape index (κ2) is 7.40. The van der Waals surface area contributed by atoms with Gasteiger partial charge in [-0.1, -0.05) is 52.4 Å². The molecule has 2 aromatic carbocycles. The standard InChI is InChI=1S/C18H13F2N3O2S/c1-10-4-2-5-11(8-10)16-14(9-21-25)22-18(26-16)23-17(24)15-12(19)6-3-7-13(15)20/h2-9,25H,1H3,(H,22,23,24)/b21-9-. The number of carbonyl (C=O) groups excluding carboxylic acids is 1. The Kier molecular flexibility index (Phi) is 5.04. The zero-order valence-corrected chi connectivity index (χ0v) is 14.3. The predicted octanol–water partition coefficient (Wildman–Crippen LogP) is 4.46. The van der Waals surface area contributed by atoms with Crippen molar-refractivity contribution >= 4 is 28.6 Å². The van der Waals surface area contributed by atoms with E-state index in [9.17, 15) is 13.6 Å². The van der Waals surface area contributed by atoms with Gasteiger partial charge in [-0.3, -0.25) is 10.1 Å². The van der Waals surface area contributed by atoms with Gasteiger partial charge >= 0.3 is 0 Å². The summed E-state index contributed by atoms with van der Waals surface area (Å²) in [6, 6.07) is 10.7. The van der Waals surface area contributed by atoms with Crippen LogP contribution in [0.1, 0.15) is 21.6 Å². The highest BCUT2D eigenvalue weighted by Gasteiger charge is 2.20. The zero-order chi connectivity index (χ0) is 18.7. The van der Waals surface area contributed by atoms with Gasteiger partial charge < -0.3 is 5.21 Å². The van der Waals surface area contributed by atoms with Gasteiger partial charge in [-0.15, -0.1) is 0 Å². The van der Waals surface area contributed by atoms with Crippen molar-refractivity contribution in [3.8, 4) is 10.4 Å². The van der Waals surface area contributed by atoms with Crippen LogP contribution >= 0.6 is 11.3 Å². The summed E-state index contributed by atoms with van der Waals surface area (Å²) >= 11 is 1.11.